The molecule has 0 unspecified atom stereocenters. The van der Waals surface area contributed by atoms with E-state index in [-0.39, 0.29) is 36.9 Å². The molecule has 2 aromatic rings. The molecule has 2 aliphatic rings. The van der Waals surface area contributed by atoms with Crippen LogP contribution in [0.1, 0.15) is 68.9 Å². The molecule has 4 rings (SSSR count). The van der Waals surface area contributed by atoms with Gasteiger partial charge in [0.15, 0.2) is 0 Å². The molecule has 3 atom stereocenters. The van der Waals surface area contributed by atoms with Crippen molar-refractivity contribution in [1.29, 1.82) is 0 Å². The Labute approximate surface area is 206 Å². The Morgan fingerprint density at radius 1 is 1.03 bits per heavy atom. The SMILES string of the molecule is CCCC[C@H](CC(=O)N[C@H]1CC[C@@H](C(=O)O)C1)NC(=O)OCC1c2ccccc2-c2ccccc21. The maximum atomic E-state index is 12.7. The van der Waals surface area contributed by atoms with E-state index in [1.807, 2.05) is 24.3 Å². The van der Waals surface area contributed by atoms with Crippen molar-refractivity contribution in [3.05, 3.63) is 59.7 Å². The summed E-state index contributed by atoms with van der Waals surface area (Å²) in [5.41, 5.74) is 4.65. The normalized spacial score (nSPS) is 19.5. The Balaban J connectivity index is 1.32. The number of benzene rings is 2. The van der Waals surface area contributed by atoms with Crippen molar-refractivity contribution in [3.8, 4) is 11.1 Å². The third kappa shape index (κ3) is 6.02. The quantitative estimate of drug-likeness (QED) is 0.453. The zero-order chi connectivity index (χ0) is 24.8. The molecule has 1 saturated carbocycles. The van der Waals surface area contributed by atoms with Gasteiger partial charge in [0.05, 0.1) is 5.92 Å². The van der Waals surface area contributed by atoms with Gasteiger partial charge in [-0.2, -0.15) is 0 Å². The fraction of sp³-hybridized carbons (Fsp3) is 0.464. The first-order valence-corrected chi connectivity index (χ1v) is 12.6. The van der Waals surface area contributed by atoms with Gasteiger partial charge < -0.3 is 20.5 Å². The Morgan fingerprint density at radius 2 is 1.69 bits per heavy atom. The number of amides is 2. The van der Waals surface area contributed by atoms with Crippen molar-refractivity contribution >= 4 is 18.0 Å². The van der Waals surface area contributed by atoms with Gasteiger partial charge in [0, 0.05) is 24.4 Å². The molecule has 0 aromatic heterocycles. The molecule has 3 N–H and O–H groups in total. The predicted molar refractivity (Wildman–Crippen MR) is 133 cm³/mol. The number of carboxylic acids is 1. The zero-order valence-electron chi connectivity index (χ0n) is 20.2. The Morgan fingerprint density at radius 3 is 2.29 bits per heavy atom. The van der Waals surface area contributed by atoms with E-state index >= 15 is 0 Å². The molecule has 0 spiro atoms. The largest absolute Gasteiger partial charge is 0.481 e. The molecule has 2 amide bonds. The van der Waals surface area contributed by atoms with E-state index in [0.717, 1.165) is 24.0 Å². The minimum Gasteiger partial charge on any atom is -0.481 e. The minimum atomic E-state index is -0.806. The van der Waals surface area contributed by atoms with Crippen molar-refractivity contribution < 1.29 is 24.2 Å². The molecule has 0 aliphatic heterocycles. The second kappa shape index (κ2) is 11.4. The Kier molecular flexibility index (Phi) is 8.06. The molecule has 1 fully saturated rings. The lowest BCUT2D eigenvalue weighted by atomic mass is 9.98. The molecule has 0 bridgehead atoms. The molecule has 0 saturated heterocycles. The first-order chi connectivity index (χ1) is 17.0. The van der Waals surface area contributed by atoms with Crippen molar-refractivity contribution in [2.24, 2.45) is 5.92 Å². The van der Waals surface area contributed by atoms with Crippen LogP contribution in [-0.2, 0) is 14.3 Å². The third-order valence-electron chi connectivity index (χ3n) is 7.15. The molecular formula is C28H34N2O5. The lowest BCUT2D eigenvalue weighted by Gasteiger charge is -2.21. The van der Waals surface area contributed by atoms with Crippen LogP contribution in [-0.4, -0.2) is 41.8 Å². The highest BCUT2D eigenvalue weighted by Gasteiger charge is 2.32. The average Bonchev–Trinajstić information content (AvgIpc) is 3.44. The zero-order valence-corrected chi connectivity index (χ0v) is 20.2. The molecule has 35 heavy (non-hydrogen) atoms. The number of rotatable bonds is 10. The second-order valence-electron chi connectivity index (χ2n) is 9.63. The summed E-state index contributed by atoms with van der Waals surface area (Å²) >= 11 is 0. The van der Waals surface area contributed by atoms with Crippen LogP contribution in [0.2, 0.25) is 0 Å². The average molecular weight is 479 g/mol. The number of nitrogens with one attached hydrogen (secondary N) is 2. The monoisotopic (exact) mass is 478 g/mol. The summed E-state index contributed by atoms with van der Waals surface area (Å²) in [6.45, 7) is 2.29. The van der Waals surface area contributed by atoms with Gasteiger partial charge in [0.25, 0.3) is 0 Å². The van der Waals surface area contributed by atoms with Crippen molar-refractivity contribution in [3.63, 3.8) is 0 Å². The minimum absolute atomic E-state index is 0.0184. The lowest BCUT2D eigenvalue weighted by Crippen LogP contribution is -2.42. The summed E-state index contributed by atoms with van der Waals surface area (Å²) < 4.78 is 5.66. The van der Waals surface area contributed by atoms with Gasteiger partial charge in [-0.05, 0) is 47.9 Å². The topological polar surface area (TPSA) is 105 Å². The Bertz CT molecular complexity index is 1020. The lowest BCUT2D eigenvalue weighted by molar-refractivity contribution is -0.141. The molecule has 7 heteroatoms. The van der Waals surface area contributed by atoms with Crippen LogP contribution >= 0.6 is 0 Å². The number of carboxylic acid groups (broad SMARTS) is 1. The maximum absolute atomic E-state index is 12.7. The first-order valence-electron chi connectivity index (χ1n) is 12.6. The molecule has 2 aliphatic carbocycles. The van der Waals surface area contributed by atoms with Crippen molar-refractivity contribution in [2.75, 3.05) is 6.61 Å². The number of fused-ring (bicyclic) bond motifs is 3. The van der Waals surface area contributed by atoms with E-state index in [1.165, 1.54) is 11.1 Å². The smallest absolute Gasteiger partial charge is 0.407 e. The summed E-state index contributed by atoms with van der Waals surface area (Å²) in [7, 11) is 0. The molecule has 2 aromatic carbocycles. The molecule has 7 nitrogen and oxygen atoms in total. The van der Waals surface area contributed by atoms with Gasteiger partial charge in [0.1, 0.15) is 6.61 Å². The van der Waals surface area contributed by atoms with Crippen LogP contribution in [0.4, 0.5) is 4.79 Å². The number of unbranched alkanes of at least 4 members (excludes halogenated alkanes) is 1. The highest BCUT2D eigenvalue weighted by molar-refractivity contribution is 5.80. The number of hydrogen-bond acceptors (Lipinski definition) is 4. The molecule has 186 valence electrons. The van der Waals surface area contributed by atoms with Crippen LogP contribution in [0.3, 0.4) is 0 Å². The van der Waals surface area contributed by atoms with Crippen LogP contribution in [0.5, 0.6) is 0 Å². The van der Waals surface area contributed by atoms with E-state index in [0.29, 0.717) is 25.7 Å². The summed E-state index contributed by atoms with van der Waals surface area (Å²) in [4.78, 5) is 36.5. The van der Waals surface area contributed by atoms with Crippen LogP contribution in [0.25, 0.3) is 11.1 Å². The van der Waals surface area contributed by atoms with Gasteiger partial charge >= 0.3 is 12.1 Å². The highest BCUT2D eigenvalue weighted by Crippen LogP contribution is 2.44. The summed E-state index contributed by atoms with van der Waals surface area (Å²) in [5.74, 6) is -1.38. The van der Waals surface area contributed by atoms with Gasteiger partial charge in [-0.25, -0.2) is 4.79 Å². The van der Waals surface area contributed by atoms with Crippen LogP contribution in [0, 0.1) is 5.92 Å². The third-order valence-corrected chi connectivity index (χ3v) is 7.15. The molecule has 0 heterocycles. The standard InChI is InChI=1S/C28H34N2O5/c1-2-3-8-19(16-26(31)29-20-14-13-18(15-20)27(32)33)30-28(34)35-17-25-23-11-6-4-9-21(23)22-10-5-7-12-24(22)25/h4-7,9-12,18-20,25H,2-3,8,13-17H2,1H3,(H,29,31)(H,30,34)(H,32,33)/t18-,19-,20+/m1/s1. The van der Waals surface area contributed by atoms with Gasteiger partial charge in [-0.15, -0.1) is 0 Å². The summed E-state index contributed by atoms with van der Waals surface area (Å²) in [6, 6.07) is 15.9. The van der Waals surface area contributed by atoms with E-state index in [2.05, 4.69) is 41.8 Å². The Hall–Kier alpha value is -3.35. The summed E-state index contributed by atoms with van der Waals surface area (Å²) in [6.07, 6.45) is 3.85. The molecular weight excluding hydrogens is 444 g/mol. The highest BCUT2D eigenvalue weighted by atomic mass is 16.5. The number of carbonyl (C=O) groups excluding carboxylic acids is 2. The second-order valence-corrected chi connectivity index (χ2v) is 9.63. The number of carbonyl (C=O) groups is 3. The number of ether oxygens (including phenoxy) is 1. The fourth-order valence-corrected chi connectivity index (χ4v) is 5.33. The van der Waals surface area contributed by atoms with Gasteiger partial charge in [-0.1, -0.05) is 68.3 Å². The maximum Gasteiger partial charge on any atom is 0.407 e. The van der Waals surface area contributed by atoms with Crippen molar-refractivity contribution in [1.82, 2.24) is 10.6 Å². The first kappa shape index (κ1) is 24.8. The van der Waals surface area contributed by atoms with Crippen LogP contribution in [0.15, 0.2) is 48.5 Å². The van der Waals surface area contributed by atoms with Gasteiger partial charge in [0.2, 0.25) is 5.91 Å². The number of hydrogen-bond donors (Lipinski definition) is 3. The van der Waals surface area contributed by atoms with E-state index in [9.17, 15) is 19.5 Å². The van der Waals surface area contributed by atoms with E-state index in [1.54, 1.807) is 0 Å². The van der Waals surface area contributed by atoms with Gasteiger partial charge in [-0.3, -0.25) is 9.59 Å². The predicted octanol–water partition coefficient (Wildman–Crippen LogP) is 4.84. The molecule has 0 radical (unpaired) electrons. The number of alkyl carbamates (subject to hydrolysis) is 1. The van der Waals surface area contributed by atoms with E-state index in [4.69, 9.17) is 4.74 Å². The van der Waals surface area contributed by atoms with Crippen LogP contribution < -0.4 is 10.6 Å². The summed E-state index contributed by atoms with van der Waals surface area (Å²) in [5, 5.41) is 15.0. The number of aliphatic carboxylic acids is 1. The van der Waals surface area contributed by atoms with E-state index < -0.39 is 18.0 Å². The fourth-order valence-electron chi connectivity index (χ4n) is 5.33. The van der Waals surface area contributed by atoms with Crippen molar-refractivity contribution in [2.45, 2.75) is 69.9 Å².